The Balaban J connectivity index is 1.50. The number of hydrogen-bond acceptors (Lipinski definition) is 1. The molecule has 2 aliphatic rings. The molecule has 2 fully saturated rings. The van der Waals surface area contributed by atoms with E-state index in [1.807, 2.05) is 0 Å². The van der Waals surface area contributed by atoms with E-state index in [-0.39, 0.29) is 5.82 Å². The fourth-order valence-electron chi connectivity index (χ4n) is 4.25. The first-order valence-electron chi connectivity index (χ1n) is 10.5. The highest BCUT2D eigenvalue weighted by Gasteiger charge is 2.23. The van der Waals surface area contributed by atoms with E-state index < -0.39 is 0 Å². The molecule has 0 amide bonds. The van der Waals surface area contributed by atoms with Crippen LogP contribution in [0.1, 0.15) is 56.9 Å². The molecule has 1 atom stereocenters. The van der Waals surface area contributed by atoms with Gasteiger partial charge in [-0.05, 0) is 37.2 Å². The Hall–Kier alpha value is -0.910. The summed E-state index contributed by atoms with van der Waals surface area (Å²) in [5.74, 6) is -0.197. The summed E-state index contributed by atoms with van der Waals surface area (Å²) >= 11 is 11.9. The Morgan fingerprint density at radius 3 is 2.59 bits per heavy atom. The molecule has 27 heavy (non-hydrogen) atoms. The van der Waals surface area contributed by atoms with Gasteiger partial charge in [-0.25, -0.2) is 4.39 Å². The highest BCUT2D eigenvalue weighted by Crippen LogP contribution is 2.18. The van der Waals surface area contributed by atoms with Crippen LogP contribution in [0.3, 0.4) is 0 Å². The molecule has 1 aliphatic heterocycles. The third kappa shape index (κ3) is 6.30. The monoisotopic (exact) mass is 412 g/mol. The number of rotatable bonds is 3. The minimum atomic E-state index is -0.197. The fourth-order valence-corrected chi connectivity index (χ4v) is 4.83. The Morgan fingerprint density at radius 1 is 1.11 bits per heavy atom. The van der Waals surface area contributed by atoms with Crippen molar-refractivity contribution in [3.63, 3.8) is 0 Å². The molecule has 0 bridgehead atoms. The van der Waals surface area contributed by atoms with Crippen molar-refractivity contribution in [1.82, 2.24) is 10.2 Å². The normalized spacial score (nSPS) is 22.6. The second kappa shape index (κ2) is 10.6. The van der Waals surface area contributed by atoms with E-state index in [0.717, 1.165) is 37.7 Å². The quantitative estimate of drug-likeness (QED) is 0.740. The highest BCUT2D eigenvalue weighted by molar-refractivity contribution is 7.80. The number of hydrogen-bond donors (Lipinski definition) is 2. The number of nitrogens with zero attached hydrogens (tertiary/aromatic N) is 1. The van der Waals surface area contributed by atoms with Gasteiger partial charge in [0.1, 0.15) is 12.4 Å². The van der Waals surface area contributed by atoms with Gasteiger partial charge < -0.3 is 15.1 Å². The van der Waals surface area contributed by atoms with Gasteiger partial charge in [-0.1, -0.05) is 49.8 Å². The predicted octanol–water partition coefficient (Wildman–Crippen LogP) is 3.56. The molecule has 1 saturated carbocycles. The second-order valence-electron chi connectivity index (χ2n) is 7.96. The summed E-state index contributed by atoms with van der Waals surface area (Å²) in [7, 11) is 0. The molecule has 0 aromatic heterocycles. The summed E-state index contributed by atoms with van der Waals surface area (Å²) in [6, 6.07) is 5.47. The van der Waals surface area contributed by atoms with Gasteiger partial charge in [-0.2, -0.15) is 0 Å². The molecule has 1 saturated heterocycles. The van der Waals surface area contributed by atoms with Crippen molar-refractivity contribution in [1.29, 1.82) is 0 Å². The number of quaternary nitrogens is 1. The van der Waals surface area contributed by atoms with Crippen LogP contribution < -0.4 is 10.2 Å². The zero-order valence-corrected chi connectivity index (χ0v) is 17.7. The average Bonchev–Trinajstić information content (AvgIpc) is 2.86. The van der Waals surface area contributed by atoms with Crippen LogP contribution in [0.15, 0.2) is 18.2 Å². The standard InChI is InChI=1S/C21H31ClFN3S/c22-19-10-6-11-20(23)18(19)16-25-12-7-13-26(15-14-25)21(27)24-17-8-4-2-1-3-5-9-17/h6,10-11,17H,1-5,7-9,12-16H2,(H,24,27)/p+1. The number of nitrogens with one attached hydrogen (secondary N) is 2. The molecule has 1 aromatic rings. The minimum Gasteiger partial charge on any atom is -0.360 e. The van der Waals surface area contributed by atoms with Gasteiger partial charge in [0.2, 0.25) is 0 Å². The van der Waals surface area contributed by atoms with Crippen molar-refractivity contribution in [3.8, 4) is 0 Å². The maximum Gasteiger partial charge on any atom is 0.169 e. The Morgan fingerprint density at radius 2 is 1.85 bits per heavy atom. The molecule has 2 N–H and O–H groups in total. The third-order valence-corrected chi connectivity index (χ3v) is 6.63. The third-order valence-electron chi connectivity index (χ3n) is 5.90. The van der Waals surface area contributed by atoms with Crippen LogP contribution in [-0.4, -0.2) is 42.2 Å². The van der Waals surface area contributed by atoms with E-state index in [0.29, 0.717) is 23.2 Å². The first-order chi connectivity index (χ1) is 13.1. The van der Waals surface area contributed by atoms with E-state index in [1.165, 1.54) is 55.9 Å². The van der Waals surface area contributed by atoms with Crippen molar-refractivity contribution in [3.05, 3.63) is 34.6 Å². The summed E-state index contributed by atoms with van der Waals surface area (Å²) in [5, 5.41) is 5.07. The first-order valence-corrected chi connectivity index (χ1v) is 11.2. The molecular weight excluding hydrogens is 381 g/mol. The van der Waals surface area contributed by atoms with Crippen LogP contribution in [-0.2, 0) is 6.54 Å². The van der Waals surface area contributed by atoms with Crippen LogP contribution in [0.4, 0.5) is 4.39 Å². The second-order valence-corrected chi connectivity index (χ2v) is 8.75. The van der Waals surface area contributed by atoms with E-state index in [2.05, 4.69) is 10.2 Å². The van der Waals surface area contributed by atoms with Gasteiger partial charge in [-0.3, -0.25) is 0 Å². The molecule has 3 rings (SSSR count). The molecule has 1 aliphatic carbocycles. The smallest absolute Gasteiger partial charge is 0.169 e. The van der Waals surface area contributed by atoms with Gasteiger partial charge in [0.05, 0.1) is 30.2 Å². The summed E-state index contributed by atoms with van der Waals surface area (Å²) in [6.45, 7) is 4.51. The largest absolute Gasteiger partial charge is 0.360 e. The van der Waals surface area contributed by atoms with E-state index in [9.17, 15) is 4.39 Å². The van der Waals surface area contributed by atoms with Crippen LogP contribution >= 0.6 is 23.8 Å². The molecule has 0 spiro atoms. The molecule has 1 heterocycles. The maximum atomic E-state index is 14.1. The van der Waals surface area contributed by atoms with E-state index in [4.69, 9.17) is 23.8 Å². The van der Waals surface area contributed by atoms with Crippen molar-refractivity contribution >= 4 is 28.9 Å². The SMILES string of the molecule is Fc1cccc(Cl)c1C[NH+]1CCCN(C(=S)NC2CCCCCCC2)CC1. The summed E-state index contributed by atoms with van der Waals surface area (Å²) in [4.78, 5) is 3.68. The lowest BCUT2D eigenvalue weighted by molar-refractivity contribution is -0.911. The minimum absolute atomic E-state index is 0.197. The average molecular weight is 413 g/mol. The van der Waals surface area contributed by atoms with E-state index >= 15 is 0 Å². The lowest BCUT2D eigenvalue weighted by atomic mass is 9.97. The molecule has 6 heteroatoms. The summed E-state index contributed by atoms with van der Waals surface area (Å²) in [5.41, 5.74) is 0.637. The zero-order valence-electron chi connectivity index (χ0n) is 16.1. The maximum absolute atomic E-state index is 14.1. The van der Waals surface area contributed by atoms with Gasteiger partial charge in [0, 0.05) is 19.0 Å². The van der Waals surface area contributed by atoms with Crippen molar-refractivity contribution in [2.75, 3.05) is 26.2 Å². The van der Waals surface area contributed by atoms with Crippen LogP contribution in [0.25, 0.3) is 0 Å². The molecule has 1 unspecified atom stereocenters. The molecular formula is C21H32ClFN3S+. The summed E-state index contributed by atoms with van der Waals surface area (Å²) in [6.07, 6.45) is 10.2. The van der Waals surface area contributed by atoms with Gasteiger partial charge in [0.15, 0.2) is 5.11 Å². The zero-order chi connectivity index (χ0) is 19.1. The van der Waals surface area contributed by atoms with Crippen molar-refractivity contribution < 1.29 is 9.29 Å². The predicted molar refractivity (Wildman–Crippen MR) is 114 cm³/mol. The highest BCUT2D eigenvalue weighted by atomic mass is 35.5. The van der Waals surface area contributed by atoms with Crippen molar-refractivity contribution in [2.24, 2.45) is 0 Å². The van der Waals surface area contributed by atoms with Gasteiger partial charge in [0.25, 0.3) is 0 Å². The topological polar surface area (TPSA) is 19.7 Å². The fraction of sp³-hybridized carbons (Fsp3) is 0.667. The van der Waals surface area contributed by atoms with Crippen LogP contribution in [0, 0.1) is 5.82 Å². The van der Waals surface area contributed by atoms with Crippen LogP contribution in [0.5, 0.6) is 0 Å². The Kier molecular flexibility index (Phi) is 8.16. The van der Waals surface area contributed by atoms with Gasteiger partial charge >= 0.3 is 0 Å². The van der Waals surface area contributed by atoms with Crippen LogP contribution in [0.2, 0.25) is 5.02 Å². The summed E-state index contributed by atoms with van der Waals surface area (Å²) < 4.78 is 14.1. The Labute approximate surface area is 173 Å². The number of halogens is 2. The first kappa shape index (κ1) is 20.8. The van der Waals surface area contributed by atoms with E-state index in [1.54, 1.807) is 12.1 Å². The Bertz CT molecular complexity index is 599. The number of thiocarbonyl (C=S) groups is 1. The van der Waals surface area contributed by atoms with Crippen molar-refractivity contribution in [2.45, 2.75) is 64.0 Å². The number of benzene rings is 1. The molecule has 3 nitrogen and oxygen atoms in total. The molecule has 1 aromatic carbocycles. The molecule has 150 valence electrons. The molecule has 0 radical (unpaired) electrons. The lowest BCUT2D eigenvalue weighted by Crippen LogP contribution is -3.11. The lowest BCUT2D eigenvalue weighted by Gasteiger charge is -2.28. The van der Waals surface area contributed by atoms with Gasteiger partial charge in [-0.15, -0.1) is 0 Å².